The van der Waals surface area contributed by atoms with Crippen molar-refractivity contribution in [3.8, 4) is 17.4 Å². The number of halogens is 1. The fraction of sp³-hybridized carbons (Fsp3) is 0.208. The second-order valence-corrected chi connectivity index (χ2v) is 7.62. The zero-order chi connectivity index (χ0) is 22.9. The molecule has 2 aromatic heterocycles. The van der Waals surface area contributed by atoms with Crippen molar-refractivity contribution in [1.29, 1.82) is 0 Å². The molecule has 0 saturated heterocycles. The maximum Gasteiger partial charge on any atom is 0.257 e. The van der Waals surface area contributed by atoms with Gasteiger partial charge in [-0.25, -0.2) is 9.37 Å². The predicted molar refractivity (Wildman–Crippen MR) is 117 cm³/mol. The van der Waals surface area contributed by atoms with E-state index in [9.17, 15) is 9.18 Å². The zero-order valence-corrected chi connectivity index (χ0v) is 18.1. The molecular formula is C24H21FN4O4. The highest BCUT2D eigenvalue weighted by molar-refractivity contribution is 5.99. The van der Waals surface area contributed by atoms with Crippen molar-refractivity contribution in [2.45, 2.75) is 19.9 Å². The molecule has 0 spiro atoms. The number of carbonyl (C=O) groups excluding carboxylic acids is 1. The van der Waals surface area contributed by atoms with Crippen LogP contribution in [0.5, 0.6) is 17.4 Å². The number of hydrogen-bond acceptors (Lipinski definition) is 6. The summed E-state index contributed by atoms with van der Waals surface area (Å²) in [6, 6.07) is 12.1. The molecule has 0 atom stereocenters. The second kappa shape index (κ2) is 8.42. The lowest BCUT2D eigenvalue weighted by Crippen LogP contribution is -2.23. The SMILES string of the molecule is COc1c(Cc2ccccc2F)c(C)nc2c(C(=O)NCc3ccc4c(c3)OCO4)cnn12. The number of nitrogens with one attached hydrogen (secondary N) is 1. The molecule has 168 valence electrons. The highest BCUT2D eigenvalue weighted by atomic mass is 19.1. The van der Waals surface area contributed by atoms with Crippen LogP contribution in [0.15, 0.2) is 48.7 Å². The number of aryl methyl sites for hydroxylation is 1. The predicted octanol–water partition coefficient (Wildman–Crippen LogP) is 3.43. The molecule has 1 amide bonds. The molecule has 33 heavy (non-hydrogen) atoms. The summed E-state index contributed by atoms with van der Waals surface area (Å²) in [6.45, 7) is 2.30. The molecule has 8 nitrogen and oxygen atoms in total. The third-order valence-electron chi connectivity index (χ3n) is 5.56. The third-order valence-corrected chi connectivity index (χ3v) is 5.56. The van der Waals surface area contributed by atoms with Crippen LogP contribution in [-0.4, -0.2) is 34.4 Å². The van der Waals surface area contributed by atoms with Gasteiger partial charge in [0.15, 0.2) is 17.1 Å². The number of fused-ring (bicyclic) bond motifs is 2. The van der Waals surface area contributed by atoms with Gasteiger partial charge in [0, 0.05) is 24.2 Å². The Hall–Kier alpha value is -4.14. The summed E-state index contributed by atoms with van der Waals surface area (Å²) in [7, 11) is 1.51. The third kappa shape index (κ3) is 3.82. The zero-order valence-electron chi connectivity index (χ0n) is 18.1. The van der Waals surface area contributed by atoms with E-state index in [1.165, 1.54) is 23.9 Å². The molecule has 9 heteroatoms. The molecule has 1 N–H and O–H groups in total. The fourth-order valence-corrected chi connectivity index (χ4v) is 3.84. The Morgan fingerprint density at radius 1 is 1.21 bits per heavy atom. The van der Waals surface area contributed by atoms with Crippen molar-refractivity contribution in [2.24, 2.45) is 0 Å². The topological polar surface area (TPSA) is 87.0 Å². The van der Waals surface area contributed by atoms with Crippen LogP contribution in [0.3, 0.4) is 0 Å². The molecule has 0 fully saturated rings. The number of aromatic nitrogens is 3. The molecule has 0 unspecified atom stereocenters. The van der Waals surface area contributed by atoms with Crippen molar-refractivity contribution in [3.63, 3.8) is 0 Å². The van der Waals surface area contributed by atoms with E-state index in [1.54, 1.807) is 25.1 Å². The highest BCUT2D eigenvalue weighted by Gasteiger charge is 2.22. The first-order valence-corrected chi connectivity index (χ1v) is 10.4. The number of carbonyl (C=O) groups is 1. The van der Waals surface area contributed by atoms with E-state index in [0.29, 0.717) is 52.0 Å². The quantitative estimate of drug-likeness (QED) is 0.486. The van der Waals surface area contributed by atoms with Gasteiger partial charge in [-0.2, -0.15) is 9.61 Å². The van der Waals surface area contributed by atoms with Crippen LogP contribution >= 0.6 is 0 Å². The summed E-state index contributed by atoms with van der Waals surface area (Å²) in [4.78, 5) is 17.5. The van der Waals surface area contributed by atoms with E-state index in [1.807, 2.05) is 18.2 Å². The van der Waals surface area contributed by atoms with Crippen LogP contribution in [0.1, 0.15) is 32.7 Å². The van der Waals surface area contributed by atoms with E-state index in [2.05, 4.69) is 15.4 Å². The first kappa shape index (κ1) is 20.7. The van der Waals surface area contributed by atoms with Crippen LogP contribution in [0, 0.1) is 12.7 Å². The molecule has 0 radical (unpaired) electrons. The molecule has 0 bridgehead atoms. The summed E-state index contributed by atoms with van der Waals surface area (Å²) in [5.74, 6) is 1.13. The summed E-state index contributed by atoms with van der Waals surface area (Å²) in [5, 5.41) is 7.20. The lowest BCUT2D eigenvalue weighted by molar-refractivity contribution is 0.0952. The van der Waals surface area contributed by atoms with Gasteiger partial charge in [-0.1, -0.05) is 24.3 Å². The summed E-state index contributed by atoms with van der Waals surface area (Å²) >= 11 is 0. The van der Waals surface area contributed by atoms with Crippen LogP contribution in [0.25, 0.3) is 5.65 Å². The van der Waals surface area contributed by atoms with E-state index < -0.39 is 0 Å². The molecule has 1 aliphatic rings. The van der Waals surface area contributed by atoms with Gasteiger partial charge in [-0.05, 0) is 36.2 Å². The Morgan fingerprint density at radius 2 is 2.03 bits per heavy atom. The minimum atomic E-state index is -0.321. The summed E-state index contributed by atoms with van der Waals surface area (Å²) in [6.07, 6.45) is 1.74. The van der Waals surface area contributed by atoms with Crippen molar-refractivity contribution >= 4 is 11.6 Å². The first-order chi connectivity index (χ1) is 16.0. The van der Waals surface area contributed by atoms with E-state index in [4.69, 9.17) is 14.2 Å². The molecule has 3 heterocycles. The van der Waals surface area contributed by atoms with Crippen LogP contribution in [-0.2, 0) is 13.0 Å². The van der Waals surface area contributed by atoms with Crippen molar-refractivity contribution in [2.75, 3.05) is 13.9 Å². The normalized spacial score (nSPS) is 12.2. The van der Waals surface area contributed by atoms with Crippen molar-refractivity contribution in [1.82, 2.24) is 19.9 Å². The minimum absolute atomic E-state index is 0.194. The Balaban J connectivity index is 1.42. The Bertz CT molecular complexity index is 1370. The van der Waals surface area contributed by atoms with Gasteiger partial charge < -0.3 is 19.5 Å². The lowest BCUT2D eigenvalue weighted by Gasteiger charge is -2.13. The van der Waals surface area contributed by atoms with Gasteiger partial charge in [0.2, 0.25) is 12.7 Å². The Morgan fingerprint density at radius 3 is 2.85 bits per heavy atom. The average molecular weight is 448 g/mol. The van der Waals surface area contributed by atoms with E-state index in [-0.39, 0.29) is 24.9 Å². The van der Waals surface area contributed by atoms with Crippen molar-refractivity contribution in [3.05, 3.63) is 82.4 Å². The Kier molecular flexibility index (Phi) is 5.29. The molecular weight excluding hydrogens is 427 g/mol. The van der Waals surface area contributed by atoms with E-state index >= 15 is 0 Å². The second-order valence-electron chi connectivity index (χ2n) is 7.62. The number of rotatable bonds is 6. The number of ether oxygens (including phenoxy) is 3. The minimum Gasteiger partial charge on any atom is -0.481 e. The molecule has 0 aliphatic carbocycles. The molecule has 4 aromatic rings. The maximum atomic E-state index is 14.2. The van der Waals surface area contributed by atoms with Gasteiger partial charge in [0.1, 0.15) is 11.4 Å². The van der Waals surface area contributed by atoms with Gasteiger partial charge >= 0.3 is 0 Å². The Labute approximate surface area is 188 Å². The largest absolute Gasteiger partial charge is 0.481 e. The lowest BCUT2D eigenvalue weighted by atomic mass is 10.0. The van der Waals surface area contributed by atoms with E-state index in [0.717, 1.165) is 5.56 Å². The summed E-state index contributed by atoms with van der Waals surface area (Å²) < 4.78 is 32.0. The molecule has 5 rings (SSSR count). The standard InChI is InChI=1S/C24H21FN4O4/c1-14-17(10-16-5-3-4-6-19(16)25)24(31-2)29-22(28-14)18(12-27-29)23(30)26-11-15-7-8-20-21(9-15)33-13-32-20/h3-9,12H,10-11,13H2,1-2H3,(H,26,30). The van der Waals surface area contributed by atoms with Gasteiger partial charge in [-0.3, -0.25) is 4.79 Å². The average Bonchev–Trinajstić information content (AvgIpc) is 3.46. The number of amides is 1. The summed E-state index contributed by atoms with van der Waals surface area (Å²) in [5.41, 5.74) is 3.41. The fourth-order valence-electron chi connectivity index (χ4n) is 3.84. The van der Waals surface area contributed by atoms with Crippen LogP contribution < -0.4 is 19.5 Å². The van der Waals surface area contributed by atoms with Gasteiger partial charge in [0.25, 0.3) is 5.91 Å². The van der Waals surface area contributed by atoms with Crippen molar-refractivity contribution < 1.29 is 23.4 Å². The van der Waals surface area contributed by atoms with Crippen LogP contribution in [0.4, 0.5) is 4.39 Å². The van der Waals surface area contributed by atoms with Crippen LogP contribution in [0.2, 0.25) is 0 Å². The van der Waals surface area contributed by atoms with Gasteiger partial charge in [0.05, 0.1) is 13.3 Å². The molecule has 2 aromatic carbocycles. The number of nitrogens with zero attached hydrogens (tertiary/aromatic N) is 3. The maximum absolute atomic E-state index is 14.2. The highest BCUT2D eigenvalue weighted by Crippen LogP contribution is 2.32. The number of methoxy groups -OCH3 is 1. The number of hydrogen-bond donors (Lipinski definition) is 1. The molecule has 1 aliphatic heterocycles. The monoisotopic (exact) mass is 448 g/mol. The number of benzene rings is 2. The smallest absolute Gasteiger partial charge is 0.257 e. The van der Waals surface area contributed by atoms with Gasteiger partial charge in [-0.15, -0.1) is 0 Å². The molecule has 0 saturated carbocycles. The first-order valence-electron chi connectivity index (χ1n) is 10.4.